The first-order chi connectivity index (χ1) is 17.9. The average molecular weight is 498 g/mol. The molecule has 0 unspecified atom stereocenters. The van der Waals surface area contributed by atoms with Crippen molar-refractivity contribution in [2.75, 3.05) is 6.61 Å². The molecule has 0 atom stereocenters. The first-order valence-corrected chi connectivity index (χ1v) is 12.1. The van der Waals surface area contributed by atoms with Gasteiger partial charge in [0.1, 0.15) is 17.1 Å². The number of hydrogen-bond acceptors (Lipinski definition) is 5. The Labute approximate surface area is 214 Å². The van der Waals surface area contributed by atoms with Gasteiger partial charge in [-0.3, -0.25) is 19.8 Å². The molecule has 1 aliphatic heterocycles. The van der Waals surface area contributed by atoms with Crippen molar-refractivity contribution in [2.45, 2.75) is 33.4 Å². The maximum Gasteiger partial charge on any atom is 0.331 e. The number of fused-ring (bicyclic) bond motifs is 1. The van der Waals surface area contributed by atoms with Crippen LogP contribution in [0.5, 0.6) is 5.75 Å². The summed E-state index contributed by atoms with van der Waals surface area (Å²) in [5, 5.41) is 3.16. The number of amides is 4. The zero-order chi connectivity index (χ0) is 25.9. The molecule has 1 fully saturated rings. The van der Waals surface area contributed by atoms with E-state index in [9.17, 15) is 14.4 Å². The molecule has 0 bridgehead atoms. The van der Waals surface area contributed by atoms with Gasteiger partial charge in [0.25, 0.3) is 11.8 Å². The van der Waals surface area contributed by atoms with Gasteiger partial charge in [-0.05, 0) is 61.7 Å². The molecular weight excluding hydrogens is 470 g/mol. The van der Waals surface area contributed by atoms with Gasteiger partial charge in [-0.2, -0.15) is 0 Å². The third-order valence-corrected chi connectivity index (χ3v) is 6.55. The number of urea groups is 1. The minimum absolute atomic E-state index is 0.0650. The fourth-order valence-corrected chi connectivity index (χ4v) is 4.42. The van der Waals surface area contributed by atoms with Crippen LogP contribution in [0, 0.1) is 13.8 Å². The van der Waals surface area contributed by atoms with Crippen LogP contribution in [0.4, 0.5) is 4.79 Å². The molecule has 0 saturated carbocycles. The van der Waals surface area contributed by atoms with Crippen molar-refractivity contribution in [1.29, 1.82) is 0 Å². The normalized spacial score (nSPS) is 15.0. The second kappa shape index (κ2) is 10.2. The number of barbiturate groups is 1. The number of nitrogens with zero attached hydrogens (tertiary/aromatic N) is 2. The zero-order valence-corrected chi connectivity index (χ0v) is 20.7. The van der Waals surface area contributed by atoms with E-state index in [2.05, 4.69) is 29.8 Å². The molecule has 0 aliphatic carbocycles. The van der Waals surface area contributed by atoms with Crippen LogP contribution in [0.15, 0.2) is 77.0 Å². The van der Waals surface area contributed by atoms with Gasteiger partial charge in [0.15, 0.2) is 0 Å². The molecule has 4 aromatic rings. The number of hydrogen-bond donors (Lipinski definition) is 1. The Bertz CT molecular complexity index is 1510. The molecule has 8 nitrogen and oxygen atoms in total. The molecular formula is C29H27N3O5. The highest BCUT2D eigenvalue weighted by atomic mass is 16.5. The van der Waals surface area contributed by atoms with Crippen LogP contribution in [0.1, 0.15) is 28.9 Å². The standard InChI is InChI=1S/C29H27N3O5/c1-19-8-5-12-26(20(19)2)37-15-7-13-31-17-21(23-10-3-4-11-25(23)31)16-24-27(33)30-29(35)32(28(24)34)18-22-9-6-14-36-22/h3-6,8-12,14,16-17H,7,13,15,18H2,1-2H3,(H,30,33,35). The van der Waals surface area contributed by atoms with E-state index in [4.69, 9.17) is 9.15 Å². The second-order valence-electron chi connectivity index (χ2n) is 8.98. The molecule has 2 aromatic carbocycles. The zero-order valence-electron chi connectivity index (χ0n) is 20.7. The topological polar surface area (TPSA) is 93.8 Å². The summed E-state index contributed by atoms with van der Waals surface area (Å²) in [6, 6.07) is 16.4. The number of para-hydroxylation sites is 1. The molecule has 0 radical (unpaired) electrons. The number of furan rings is 1. The van der Waals surface area contributed by atoms with E-state index in [-0.39, 0.29) is 12.1 Å². The molecule has 8 heteroatoms. The Hall–Kier alpha value is -4.59. The van der Waals surface area contributed by atoms with Gasteiger partial charge in [-0.15, -0.1) is 0 Å². The van der Waals surface area contributed by atoms with E-state index in [1.807, 2.05) is 42.6 Å². The predicted octanol–water partition coefficient (Wildman–Crippen LogP) is 4.98. The summed E-state index contributed by atoms with van der Waals surface area (Å²) in [6.45, 7) is 5.30. The summed E-state index contributed by atoms with van der Waals surface area (Å²) in [5.74, 6) is -0.0523. The van der Waals surface area contributed by atoms with Gasteiger partial charge in [0, 0.05) is 29.2 Å². The third-order valence-electron chi connectivity index (χ3n) is 6.55. The number of carbonyl (C=O) groups excluding carboxylic acids is 3. The Morgan fingerprint density at radius 2 is 1.84 bits per heavy atom. The summed E-state index contributed by atoms with van der Waals surface area (Å²) in [7, 11) is 0. The molecule has 0 spiro atoms. The van der Waals surface area contributed by atoms with Crippen LogP contribution in [-0.2, 0) is 22.7 Å². The summed E-state index contributed by atoms with van der Waals surface area (Å²) in [5.41, 5.74) is 3.92. The van der Waals surface area contributed by atoms with Gasteiger partial charge in [-0.25, -0.2) is 4.79 Å². The van der Waals surface area contributed by atoms with Crippen molar-refractivity contribution in [3.8, 4) is 5.75 Å². The number of aryl methyl sites for hydroxylation is 2. The van der Waals surface area contributed by atoms with Crippen LogP contribution in [0.3, 0.4) is 0 Å². The average Bonchev–Trinajstić information content (AvgIpc) is 3.53. The Morgan fingerprint density at radius 3 is 2.65 bits per heavy atom. The molecule has 1 aliphatic rings. The van der Waals surface area contributed by atoms with Crippen LogP contribution < -0.4 is 10.1 Å². The summed E-state index contributed by atoms with van der Waals surface area (Å²) in [6.07, 6.45) is 5.70. The minimum Gasteiger partial charge on any atom is -0.493 e. The molecule has 188 valence electrons. The van der Waals surface area contributed by atoms with Crippen LogP contribution in [-0.4, -0.2) is 33.9 Å². The molecule has 37 heavy (non-hydrogen) atoms. The lowest BCUT2D eigenvalue weighted by atomic mass is 10.1. The lowest BCUT2D eigenvalue weighted by molar-refractivity contribution is -0.130. The number of imide groups is 2. The Kier molecular flexibility index (Phi) is 6.64. The van der Waals surface area contributed by atoms with Crippen molar-refractivity contribution in [3.63, 3.8) is 0 Å². The van der Waals surface area contributed by atoms with E-state index in [1.165, 1.54) is 11.8 Å². The number of aromatic nitrogens is 1. The number of rotatable bonds is 8. The molecule has 2 aromatic heterocycles. The van der Waals surface area contributed by atoms with E-state index < -0.39 is 17.8 Å². The predicted molar refractivity (Wildman–Crippen MR) is 139 cm³/mol. The summed E-state index contributed by atoms with van der Waals surface area (Å²) >= 11 is 0. The number of carbonyl (C=O) groups is 3. The second-order valence-corrected chi connectivity index (χ2v) is 8.98. The van der Waals surface area contributed by atoms with Crippen molar-refractivity contribution >= 4 is 34.8 Å². The van der Waals surface area contributed by atoms with Gasteiger partial charge >= 0.3 is 6.03 Å². The van der Waals surface area contributed by atoms with Crippen molar-refractivity contribution in [3.05, 3.63) is 95.1 Å². The highest BCUT2D eigenvalue weighted by Gasteiger charge is 2.36. The number of benzene rings is 2. The van der Waals surface area contributed by atoms with Crippen molar-refractivity contribution in [2.24, 2.45) is 0 Å². The molecule has 5 rings (SSSR count). The SMILES string of the molecule is Cc1cccc(OCCCn2cc(C=C3C(=O)NC(=O)N(Cc4ccco4)C3=O)c3ccccc32)c1C. The smallest absolute Gasteiger partial charge is 0.331 e. The molecule has 4 amide bonds. The molecule has 3 heterocycles. The van der Waals surface area contributed by atoms with Crippen molar-refractivity contribution < 1.29 is 23.5 Å². The van der Waals surface area contributed by atoms with Crippen LogP contribution >= 0.6 is 0 Å². The van der Waals surface area contributed by atoms with Crippen molar-refractivity contribution in [1.82, 2.24) is 14.8 Å². The first kappa shape index (κ1) is 24.1. The molecule has 1 N–H and O–H groups in total. The monoisotopic (exact) mass is 497 g/mol. The van der Waals surface area contributed by atoms with E-state index in [0.29, 0.717) is 18.9 Å². The highest BCUT2D eigenvalue weighted by Crippen LogP contribution is 2.26. The largest absolute Gasteiger partial charge is 0.493 e. The fraction of sp³-hybridized carbons (Fsp3) is 0.207. The summed E-state index contributed by atoms with van der Waals surface area (Å²) in [4.78, 5) is 39.0. The summed E-state index contributed by atoms with van der Waals surface area (Å²) < 4.78 is 13.4. The lowest BCUT2D eigenvalue weighted by Gasteiger charge is -2.25. The third kappa shape index (κ3) is 4.91. The van der Waals surface area contributed by atoms with Crippen LogP contribution in [0.2, 0.25) is 0 Å². The van der Waals surface area contributed by atoms with Gasteiger partial charge in [-0.1, -0.05) is 30.3 Å². The number of nitrogens with one attached hydrogen (secondary N) is 1. The van der Waals surface area contributed by atoms with Gasteiger partial charge < -0.3 is 13.7 Å². The number of ether oxygens (including phenoxy) is 1. The Balaban J connectivity index is 1.36. The maximum absolute atomic E-state index is 13.1. The highest BCUT2D eigenvalue weighted by molar-refractivity contribution is 6.31. The van der Waals surface area contributed by atoms with E-state index >= 15 is 0 Å². The first-order valence-electron chi connectivity index (χ1n) is 12.1. The van der Waals surface area contributed by atoms with E-state index in [1.54, 1.807) is 18.2 Å². The van der Waals surface area contributed by atoms with Gasteiger partial charge in [0.05, 0.1) is 19.4 Å². The fourth-order valence-electron chi connectivity index (χ4n) is 4.42. The minimum atomic E-state index is -0.769. The van der Waals surface area contributed by atoms with Crippen LogP contribution in [0.25, 0.3) is 17.0 Å². The lowest BCUT2D eigenvalue weighted by Crippen LogP contribution is -2.53. The maximum atomic E-state index is 13.1. The quantitative estimate of drug-likeness (QED) is 0.210. The van der Waals surface area contributed by atoms with Gasteiger partial charge in [0.2, 0.25) is 0 Å². The molecule has 1 saturated heterocycles. The van der Waals surface area contributed by atoms with E-state index in [0.717, 1.165) is 39.1 Å². The Morgan fingerprint density at radius 1 is 1.00 bits per heavy atom.